The SMILES string of the molecule is NCc1ncc2n1CCC(N)C2. The predicted octanol–water partition coefficient (Wildman–Crippen LogP) is -0.385. The molecule has 0 bridgehead atoms. The zero-order valence-electron chi connectivity index (χ0n) is 7.03. The highest BCUT2D eigenvalue weighted by atomic mass is 15.1. The summed E-state index contributed by atoms with van der Waals surface area (Å²) in [6.45, 7) is 1.50. The first-order valence-electron chi connectivity index (χ1n) is 4.30. The van der Waals surface area contributed by atoms with Crippen molar-refractivity contribution in [2.75, 3.05) is 0 Å². The maximum absolute atomic E-state index is 5.83. The number of hydrogen-bond acceptors (Lipinski definition) is 3. The van der Waals surface area contributed by atoms with Gasteiger partial charge in [0, 0.05) is 30.9 Å². The average Bonchev–Trinajstić information content (AvgIpc) is 2.46. The Hall–Kier alpha value is -0.870. The molecule has 2 heterocycles. The lowest BCUT2D eigenvalue weighted by molar-refractivity contribution is 0.460. The summed E-state index contributed by atoms with van der Waals surface area (Å²) in [4.78, 5) is 4.23. The highest BCUT2D eigenvalue weighted by Crippen LogP contribution is 2.15. The van der Waals surface area contributed by atoms with Gasteiger partial charge in [0.05, 0.1) is 6.54 Å². The molecule has 0 saturated heterocycles. The van der Waals surface area contributed by atoms with Gasteiger partial charge >= 0.3 is 0 Å². The van der Waals surface area contributed by atoms with Gasteiger partial charge in [-0.15, -0.1) is 0 Å². The van der Waals surface area contributed by atoms with E-state index in [1.54, 1.807) is 0 Å². The predicted molar refractivity (Wildman–Crippen MR) is 46.4 cm³/mol. The molecule has 0 saturated carbocycles. The minimum atomic E-state index is 0.305. The maximum atomic E-state index is 5.83. The third-order valence-electron chi connectivity index (χ3n) is 2.40. The maximum Gasteiger partial charge on any atom is 0.122 e. The Morgan fingerprint density at radius 3 is 3.25 bits per heavy atom. The Bertz CT molecular complexity index is 279. The molecular weight excluding hydrogens is 152 g/mol. The van der Waals surface area contributed by atoms with Crippen LogP contribution in [0.2, 0.25) is 0 Å². The van der Waals surface area contributed by atoms with Crippen LogP contribution in [0, 0.1) is 0 Å². The first-order chi connectivity index (χ1) is 5.81. The van der Waals surface area contributed by atoms with Crippen molar-refractivity contribution >= 4 is 0 Å². The van der Waals surface area contributed by atoms with Crippen LogP contribution in [0.15, 0.2) is 6.20 Å². The molecule has 1 aromatic heterocycles. The van der Waals surface area contributed by atoms with E-state index in [1.807, 2.05) is 6.20 Å². The molecule has 4 N–H and O–H groups in total. The lowest BCUT2D eigenvalue weighted by Crippen LogP contribution is -2.31. The summed E-state index contributed by atoms with van der Waals surface area (Å²) in [6, 6.07) is 0.305. The van der Waals surface area contributed by atoms with Crippen LogP contribution in [-0.2, 0) is 19.5 Å². The molecule has 0 radical (unpaired) electrons. The van der Waals surface area contributed by atoms with Crippen molar-refractivity contribution in [3.63, 3.8) is 0 Å². The summed E-state index contributed by atoms with van der Waals surface area (Å²) < 4.78 is 2.18. The molecule has 0 amide bonds. The summed E-state index contributed by atoms with van der Waals surface area (Å²) in [7, 11) is 0. The molecule has 12 heavy (non-hydrogen) atoms. The summed E-state index contributed by atoms with van der Waals surface area (Å²) in [5.74, 6) is 0.983. The molecule has 1 aliphatic heterocycles. The van der Waals surface area contributed by atoms with Gasteiger partial charge in [0.15, 0.2) is 0 Å². The Kier molecular flexibility index (Phi) is 1.86. The lowest BCUT2D eigenvalue weighted by atomic mass is 10.1. The lowest BCUT2D eigenvalue weighted by Gasteiger charge is -2.21. The van der Waals surface area contributed by atoms with E-state index in [-0.39, 0.29) is 0 Å². The van der Waals surface area contributed by atoms with E-state index in [0.29, 0.717) is 12.6 Å². The van der Waals surface area contributed by atoms with E-state index < -0.39 is 0 Å². The Morgan fingerprint density at radius 2 is 2.50 bits per heavy atom. The van der Waals surface area contributed by atoms with E-state index >= 15 is 0 Å². The first kappa shape index (κ1) is 7.76. The third-order valence-corrected chi connectivity index (χ3v) is 2.40. The van der Waals surface area contributed by atoms with Crippen LogP contribution in [0.1, 0.15) is 17.9 Å². The molecule has 1 atom stereocenters. The number of rotatable bonds is 1. The number of nitrogens with zero attached hydrogens (tertiary/aromatic N) is 2. The topological polar surface area (TPSA) is 69.9 Å². The Balaban J connectivity index is 2.32. The minimum absolute atomic E-state index is 0.305. The van der Waals surface area contributed by atoms with Gasteiger partial charge < -0.3 is 16.0 Å². The fourth-order valence-electron chi connectivity index (χ4n) is 1.72. The smallest absolute Gasteiger partial charge is 0.122 e. The van der Waals surface area contributed by atoms with Crippen molar-refractivity contribution in [1.29, 1.82) is 0 Å². The first-order valence-corrected chi connectivity index (χ1v) is 4.30. The number of hydrogen-bond donors (Lipinski definition) is 2. The Labute approximate surface area is 71.6 Å². The zero-order valence-corrected chi connectivity index (χ0v) is 7.03. The van der Waals surface area contributed by atoms with Crippen molar-refractivity contribution in [2.45, 2.75) is 32.0 Å². The van der Waals surface area contributed by atoms with E-state index in [9.17, 15) is 0 Å². The highest BCUT2D eigenvalue weighted by Gasteiger charge is 2.17. The molecule has 4 nitrogen and oxygen atoms in total. The van der Waals surface area contributed by atoms with Gasteiger partial charge in [0.25, 0.3) is 0 Å². The van der Waals surface area contributed by atoms with E-state index in [4.69, 9.17) is 11.5 Å². The van der Waals surface area contributed by atoms with Gasteiger partial charge in [-0.05, 0) is 6.42 Å². The molecule has 1 unspecified atom stereocenters. The van der Waals surface area contributed by atoms with Crippen LogP contribution >= 0.6 is 0 Å². The highest BCUT2D eigenvalue weighted by molar-refractivity contribution is 5.09. The van der Waals surface area contributed by atoms with Crippen LogP contribution in [0.4, 0.5) is 0 Å². The molecule has 0 fully saturated rings. The van der Waals surface area contributed by atoms with Gasteiger partial charge in [0.1, 0.15) is 5.82 Å². The second-order valence-electron chi connectivity index (χ2n) is 3.27. The summed E-state index contributed by atoms with van der Waals surface area (Å²) in [5, 5.41) is 0. The molecular formula is C8H14N4. The van der Waals surface area contributed by atoms with Gasteiger partial charge in [0.2, 0.25) is 0 Å². The van der Waals surface area contributed by atoms with Crippen molar-refractivity contribution in [3.05, 3.63) is 17.7 Å². The monoisotopic (exact) mass is 166 g/mol. The van der Waals surface area contributed by atoms with E-state index in [0.717, 1.165) is 25.2 Å². The van der Waals surface area contributed by atoms with Crippen LogP contribution in [-0.4, -0.2) is 15.6 Å². The van der Waals surface area contributed by atoms with Crippen LogP contribution < -0.4 is 11.5 Å². The standard InChI is InChI=1S/C8H14N4/c9-4-8-11-5-7-3-6(10)1-2-12(7)8/h5-6H,1-4,9-10H2. The molecule has 1 aliphatic rings. The summed E-state index contributed by atoms with van der Waals surface area (Å²) in [6.07, 6.45) is 3.87. The fraction of sp³-hybridized carbons (Fsp3) is 0.625. The van der Waals surface area contributed by atoms with Gasteiger partial charge in [-0.2, -0.15) is 0 Å². The summed E-state index contributed by atoms with van der Waals surface area (Å²) in [5.41, 5.74) is 12.6. The number of nitrogens with two attached hydrogens (primary N) is 2. The van der Waals surface area contributed by atoms with E-state index in [2.05, 4.69) is 9.55 Å². The van der Waals surface area contributed by atoms with Crippen LogP contribution in [0.25, 0.3) is 0 Å². The van der Waals surface area contributed by atoms with Crippen LogP contribution in [0.5, 0.6) is 0 Å². The van der Waals surface area contributed by atoms with Crippen molar-refractivity contribution < 1.29 is 0 Å². The second-order valence-corrected chi connectivity index (χ2v) is 3.27. The largest absolute Gasteiger partial charge is 0.331 e. The molecule has 1 aromatic rings. The molecule has 0 aromatic carbocycles. The molecule has 0 aliphatic carbocycles. The second kappa shape index (κ2) is 2.88. The number of imidazole rings is 1. The number of fused-ring (bicyclic) bond motifs is 1. The minimum Gasteiger partial charge on any atom is -0.331 e. The van der Waals surface area contributed by atoms with Gasteiger partial charge in [-0.1, -0.05) is 0 Å². The normalized spacial score (nSPS) is 22.3. The molecule has 66 valence electrons. The Morgan fingerprint density at radius 1 is 1.67 bits per heavy atom. The fourth-order valence-corrected chi connectivity index (χ4v) is 1.72. The van der Waals surface area contributed by atoms with Gasteiger partial charge in [-0.3, -0.25) is 0 Å². The van der Waals surface area contributed by atoms with Crippen molar-refractivity contribution in [3.8, 4) is 0 Å². The molecule has 4 heteroatoms. The van der Waals surface area contributed by atoms with E-state index in [1.165, 1.54) is 5.69 Å². The molecule has 0 spiro atoms. The molecule has 2 rings (SSSR count). The van der Waals surface area contributed by atoms with Gasteiger partial charge in [-0.25, -0.2) is 4.98 Å². The van der Waals surface area contributed by atoms with Crippen molar-refractivity contribution in [1.82, 2.24) is 9.55 Å². The zero-order chi connectivity index (χ0) is 8.55. The third kappa shape index (κ3) is 1.13. The summed E-state index contributed by atoms with van der Waals surface area (Å²) >= 11 is 0. The average molecular weight is 166 g/mol. The quantitative estimate of drug-likeness (QED) is 0.597. The van der Waals surface area contributed by atoms with Crippen molar-refractivity contribution in [2.24, 2.45) is 11.5 Å². The van der Waals surface area contributed by atoms with Crippen LogP contribution in [0.3, 0.4) is 0 Å². The number of aromatic nitrogens is 2.